The van der Waals surface area contributed by atoms with Crippen molar-refractivity contribution < 1.29 is 13.2 Å². The Morgan fingerprint density at radius 3 is 2.21 bits per heavy atom. The van der Waals surface area contributed by atoms with E-state index in [0.717, 1.165) is 5.56 Å². The van der Waals surface area contributed by atoms with Crippen molar-refractivity contribution in [1.29, 1.82) is 0 Å². The number of hydrogen-bond donors (Lipinski definition) is 1. The lowest BCUT2D eigenvalue weighted by molar-refractivity contribution is -0.127. The minimum atomic E-state index is -3.17. The SMILES string of the molecule is CC(C)C(NC(=O)C1CCN(S(C)(=O)=O)CC1)c1ccc(Cl)cc1. The van der Waals surface area contributed by atoms with Crippen LogP contribution in [-0.2, 0) is 14.8 Å². The van der Waals surface area contributed by atoms with Gasteiger partial charge in [0.25, 0.3) is 0 Å². The monoisotopic (exact) mass is 372 g/mol. The van der Waals surface area contributed by atoms with Gasteiger partial charge in [0.1, 0.15) is 0 Å². The molecule has 0 aliphatic carbocycles. The number of sulfonamides is 1. The van der Waals surface area contributed by atoms with Gasteiger partial charge >= 0.3 is 0 Å². The van der Waals surface area contributed by atoms with Gasteiger partial charge < -0.3 is 5.32 Å². The minimum Gasteiger partial charge on any atom is -0.349 e. The van der Waals surface area contributed by atoms with Crippen LogP contribution in [0.25, 0.3) is 0 Å². The Balaban J connectivity index is 2.00. The molecule has 2 rings (SSSR count). The number of carbonyl (C=O) groups is 1. The lowest BCUT2D eigenvalue weighted by Crippen LogP contribution is -2.44. The van der Waals surface area contributed by atoms with E-state index in [1.54, 1.807) is 0 Å². The van der Waals surface area contributed by atoms with E-state index in [-0.39, 0.29) is 23.8 Å². The predicted octanol–water partition coefficient (Wildman–Crippen LogP) is 2.82. The molecule has 1 unspecified atom stereocenters. The molecule has 5 nitrogen and oxygen atoms in total. The fourth-order valence-electron chi connectivity index (χ4n) is 3.03. The number of halogens is 1. The van der Waals surface area contributed by atoms with E-state index in [1.165, 1.54) is 10.6 Å². The lowest BCUT2D eigenvalue weighted by atomic mass is 9.93. The van der Waals surface area contributed by atoms with Crippen molar-refractivity contribution in [3.05, 3.63) is 34.9 Å². The Bertz CT molecular complexity index is 666. The summed E-state index contributed by atoms with van der Waals surface area (Å²) in [6.45, 7) is 4.94. The van der Waals surface area contributed by atoms with Crippen molar-refractivity contribution in [3.63, 3.8) is 0 Å². The van der Waals surface area contributed by atoms with E-state index in [9.17, 15) is 13.2 Å². The van der Waals surface area contributed by atoms with Crippen LogP contribution >= 0.6 is 11.6 Å². The third-order valence-corrected chi connectivity index (χ3v) is 6.04. The van der Waals surface area contributed by atoms with Gasteiger partial charge in [0.05, 0.1) is 12.3 Å². The van der Waals surface area contributed by atoms with E-state index in [4.69, 9.17) is 11.6 Å². The number of hydrogen-bond acceptors (Lipinski definition) is 3. The van der Waals surface area contributed by atoms with Crippen molar-refractivity contribution in [3.8, 4) is 0 Å². The molecular formula is C17H25ClN2O3S. The molecule has 1 heterocycles. The van der Waals surface area contributed by atoms with Crippen LogP contribution in [0.2, 0.25) is 5.02 Å². The maximum atomic E-state index is 12.6. The molecule has 1 atom stereocenters. The number of nitrogens with zero attached hydrogens (tertiary/aromatic N) is 1. The number of carbonyl (C=O) groups excluding carboxylic acids is 1. The maximum absolute atomic E-state index is 12.6. The summed E-state index contributed by atoms with van der Waals surface area (Å²) in [5, 5.41) is 3.79. The van der Waals surface area contributed by atoms with Crippen LogP contribution in [0.5, 0.6) is 0 Å². The topological polar surface area (TPSA) is 66.5 Å². The molecule has 0 bridgehead atoms. The summed E-state index contributed by atoms with van der Waals surface area (Å²) in [5.74, 6) is 0.0968. The zero-order chi connectivity index (χ0) is 17.9. The lowest BCUT2D eigenvalue weighted by Gasteiger charge is -2.31. The van der Waals surface area contributed by atoms with Gasteiger partial charge in [-0.2, -0.15) is 0 Å². The van der Waals surface area contributed by atoms with Gasteiger partial charge in [-0.3, -0.25) is 4.79 Å². The Labute approximate surface area is 149 Å². The zero-order valence-corrected chi connectivity index (χ0v) is 15.9. The van der Waals surface area contributed by atoms with Crippen LogP contribution in [0.3, 0.4) is 0 Å². The quantitative estimate of drug-likeness (QED) is 0.864. The molecule has 134 valence electrons. The summed E-state index contributed by atoms with van der Waals surface area (Å²) in [5.41, 5.74) is 1.02. The molecule has 0 spiro atoms. The molecule has 1 fully saturated rings. The molecular weight excluding hydrogens is 348 g/mol. The second-order valence-electron chi connectivity index (χ2n) is 6.72. The number of benzene rings is 1. The normalized spacial score (nSPS) is 18.5. The molecule has 1 aliphatic rings. The first-order chi connectivity index (χ1) is 11.2. The van der Waals surface area contributed by atoms with Gasteiger partial charge in [-0.05, 0) is 36.5 Å². The molecule has 7 heteroatoms. The summed E-state index contributed by atoms with van der Waals surface area (Å²) in [6.07, 6.45) is 2.33. The largest absolute Gasteiger partial charge is 0.349 e. The molecule has 24 heavy (non-hydrogen) atoms. The molecule has 1 N–H and O–H groups in total. The highest BCUT2D eigenvalue weighted by atomic mass is 35.5. The third kappa shape index (κ3) is 4.94. The van der Waals surface area contributed by atoms with Gasteiger partial charge in [0.2, 0.25) is 15.9 Å². The van der Waals surface area contributed by atoms with E-state index in [2.05, 4.69) is 19.2 Å². The van der Waals surface area contributed by atoms with Crippen LogP contribution in [0.4, 0.5) is 0 Å². The standard InChI is InChI=1S/C17H25ClN2O3S/c1-12(2)16(13-4-6-15(18)7-5-13)19-17(21)14-8-10-20(11-9-14)24(3,22)23/h4-7,12,14,16H,8-11H2,1-3H3,(H,19,21). The van der Waals surface area contributed by atoms with Crippen molar-refractivity contribution in [2.45, 2.75) is 32.7 Å². The highest BCUT2D eigenvalue weighted by Gasteiger charge is 2.30. The number of rotatable bonds is 5. The van der Waals surface area contributed by atoms with Crippen molar-refractivity contribution in [2.75, 3.05) is 19.3 Å². The summed E-state index contributed by atoms with van der Waals surface area (Å²) >= 11 is 5.93. The van der Waals surface area contributed by atoms with Gasteiger partial charge in [-0.25, -0.2) is 12.7 Å². The second-order valence-corrected chi connectivity index (χ2v) is 9.14. The fourth-order valence-corrected chi connectivity index (χ4v) is 4.03. The summed E-state index contributed by atoms with van der Waals surface area (Å²) in [6, 6.07) is 7.42. The van der Waals surface area contributed by atoms with E-state index in [1.807, 2.05) is 24.3 Å². The molecule has 0 saturated carbocycles. The molecule has 1 amide bonds. The zero-order valence-electron chi connectivity index (χ0n) is 14.3. The molecule has 0 radical (unpaired) electrons. The van der Waals surface area contributed by atoms with Crippen molar-refractivity contribution in [2.24, 2.45) is 11.8 Å². The molecule has 0 aromatic heterocycles. The van der Waals surface area contributed by atoms with Crippen LogP contribution in [0.15, 0.2) is 24.3 Å². The summed E-state index contributed by atoms with van der Waals surface area (Å²) in [4.78, 5) is 12.6. The minimum absolute atomic E-state index is 0.00296. The van der Waals surface area contributed by atoms with Crippen LogP contribution in [0.1, 0.15) is 38.3 Å². The van der Waals surface area contributed by atoms with Gasteiger partial charge in [-0.15, -0.1) is 0 Å². The highest BCUT2D eigenvalue weighted by molar-refractivity contribution is 7.88. The van der Waals surface area contributed by atoms with E-state index >= 15 is 0 Å². The highest BCUT2D eigenvalue weighted by Crippen LogP contribution is 2.26. The number of amides is 1. The Morgan fingerprint density at radius 2 is 1.75 bits per heavy atom. The van der Waals surface area contributed by atoms with E-state index in [0.29, 0.717) is 31.0 Å². The van der Waals surface area contributed by atoms with Crippen LogP contribution < -0.4 is 5.32 Å². The fraction of sp³-hybridized carbons (Fsp3) is 0.588. The van der Waals surface area contributed by atoms with Crippen LogP contribution in [-0.4, -0.2) is 38.0 Å². The molecule has 1 aliphatic heterocycles. The van der Waals surface area contributed by atoms with Crippen LogP contribution in [0, 0.1) is 11.8 Å². The third-order valence-electron chi connectivity index (χ3n) is 4.49. The number of piperidine rings is 1. The second kappa shape index (κ2) is 7.85. The maximum Gasteiger partial charge on any atom is 0.223 e. The first-order valence-electron chi connectivity index (χ1n) is 8.19. The smallest absolute Gasteiger partial charge is 0.223 e. The molecule has 1 saturated heterocycles. The molecule has 1 aromatic rings. The Morgan fingerprint density at radius 1 is 1.21 bits per heavy atom. The van der Waals surface area contributed by atoms with Gasteiger partial charge in [0, 0.05) is 24.0 Å². The van der Waals surface area contributed by atoms with Gasteiger partial charge in [0.15, 0.2) is 0 Å². The summed E-state index contributed by atoms with van der Waals surface area (Å²) in [7, 11) is -3.17. The predicted molar refractivity (Wildman–Crippen MR) is 96.3 cm³/mol. The first-order valence-corrected chi connectivity index (χ1v) is 10.4. The number of nitrogens with one attached hydrogen (secondary N) is 1. The summed E-state index contributed by atoms with van der Waals surface area (Å²) < 4.78 is 24.6. The molecule has 1 aromatic carbocycles. The average Bonchev–Trinajstić information content (AvgIpc) is 2.52. The van der Waals surface area contributed by atoms with Crippen molar-refractivity contribution in [1.82, 2.24) is 9.62 Å². The first kappa shape index (κ1) is 19.2. The van der Waals surface area contributed by atoms with E-state index < -0.39 is 10.0 Å². The Hall–Kier alpha value is -1.11. The Kier molecular flexibility index (Phi) is 6.28. The average molecular weight is 373 g/mol. The van der Waals surface area contributed by atoms with Gasteiger partial charge in [-0.1, -0.05) is 37.6 Å². The van der Waals surface area contributed by atoms with Crippen molar-refractivity contribution >= 4 is 27.5 Å².